The number of nitrogens with zero attached hydrogens (tertiary/aromatic N) is 3. The molecule has 1 aromatic carbocycles. The number of hydrogen-bond donors (Lipinski definition) is 0. The van der Waals surface area contributed by atoms with E-state index in [9.17, 15) is 4.79 Å². The first-order valence-corrected chi connectivity index (χ1v) is 8.54. The van der Waals surface area contributed by atoms with Gasteiger partial charge in [-0.3, -0.25) is 4.79 Å². The molecule has 1 aliphatic rings. The molecule has 0 bridgehead atoms. The second kappa shape index (κ2) is 6.95. The summed E-state index contributed by atoms with van der Waals surface area (Å²) in [6.45, 7) is 6.80. The summed E-state index contributed by atoms with van der Waals surface area (Å²) < 4.78 is 0. The molecule has 0 radical (unpaired) electrons. The number of aryl methyl sites for hydroxylation is 2. The largest absolute Gasteiger partial charge is 0.329 e. The number of benzene rings is 1. The number of rotatable bonds is 4. The molecule has 1 amide bonds. The summed E-state index contributed by atoms with van der Waals surface area (Å²) in [6, 6.07) is 7.99. The third kappa shape index (κ3) is 3.09. The molecule has 0 N–H and O–H groups in total. The van der Waals surface area contributed by atoms with Crippen LogP contribution in [-0.2, 0) is 6.42 Å². The molecule has 0 fully saturated rings. The van der Waals surface area contributed by atoms with Crippen molar-refractivity contribution in [3.05, 3.63) is 59.6 Å². The maximum absolute atomic E-state index is 12.7. The zero-order valence-corrected chi connectivity index (χ0v) is 14.5. The van der Waals surface area contributed by atoms with Crippen molar-refractivity contribution in [1.82, 2.24) is 14.9 Å². The van der Waals surface area contributed by atoms with Gasteiger partial charge in [-0.25, -0.2) is 9.97 Å². The normalized spacial score (nSPS) is 16.6. The van der Waals surface area contributed by atoms with Gasteiger partial charge in [-0.1, -0.05) is 38.1 Å². The molecular weight excluding hydrogens is 298 g/mol. The maximum atomic E-state index is 12.7. The summed E-state index contributed by atoms with van der Waals surface area (Å²) in [6.07, 6.45) is 7.90. The first-order valence-electron chi connectivity index (χ1n) is 8.54. The molecule has 0 spiro atoms. The van der Waals surface area contributed by atoms with Crippen molar-refractivity contribution in [2.45, 2.75) is 39.7 Å². The van der Waals surface area contributed by atoms with E-state index in [1.165, 1.54) is 0 Å². The summed E-state index contributed by atoms with van der Waals surface area (Å²) in [7, 11) is 0. The van der Waals surface area contributed by atoms with Crippen LogP contribution in [0.5, 0.6) is 0 Å². The van der Waals surface area contributed by atoms with Gasteiger partial charge in [-0.05, 0) is 37.5 Å². The van der Waals surface area contributed by atoms with Crippen LogP contribution in [-0.4, -0.2) is 33.4 Å². The summed E-state index contributed by atoms with van der Waals surface area (Å²) >= 11 is 0. The van der Waals surface area contributed by atoms with E-state index in [-0.39, 0.29) is 11.9 Å². The lowest BCUT2D eigenvalue weighted by Gasteiger charge is -2.23. The predicted octanol–water partition coefficient (Wildman–Crippen LogP) is 3.81. The molecule has 2 heterocycles. The smallest absolute Gasteiger partial charge is 0.254 e. The van der Waals surface area contributed by atoms with Crippen molar-refractivity contribution in [1.29, 1.82) is 0 Å². The fourth-order valence-electron chi connectivity index (χ4n) is 3.10. The first kappa shape index (κ1) is 16.4. The van der Waals surface area contributed by atoms with Crippen molar-refractivity contribution < 1.29 is 4.79 Å². The molecular formula is C20H23N3O. The molecule has 1 atom stereocenters. The highest BCUT2D eigenvalue weighted by Crippen LogP contribution is 2.23. The van der Waals surface area contributed by atoms with E-state index in [1.54, 1.807) is 0 Å². The van der Waals surface area contributed by atoms with E-state index in [0.717, 1.165) is 41.1 Å². The number of carbonyl (C=O) groups is 1. The van der Waals surface area contributed by atoms with E-state index >= 15 is 0 Å². The second-order valence-electron chi connectivity index (χ2n) is 6.08. The highest BCUT2D eigenvalue weighted by molar-refractivity contribution is 5.95. The average Bonchev–Trinajstić information content (AvgIpc) is 3.10. The molecule has 0 aliphatic carbocycles. The Morgan fingerprint density at radius 2 is 2.00 bits per heavy atom. The third-order valence-electron chi connectivity index (χ3n) is 4.51. The van der Waals surface area contributed by atoms with Crippen LogP contribution in [0.25, 0.3) is 11.3 Å². The van der Waals surface area contributed by atoms with Crippen LogP contribution >= 0.6 is 0 Å². The number of hydrogen-bond acceptors (Lipinski definition) is 3. The van der Waals surface area contributed by atoms with Gasteiger partial charge in [0, 0.05) is 23.9 Å². The Kier molecular flexibility index (Phi) is 4.74. The molecule has 4 heteroatoms. The minimum absolute atomic E-state index is 0.0907. The SMILES string of the molecule is CCc1cnc(C)nc1-c1ccc(C(=O)N2CC=CC2CC)cc1. The fraction of sp³-hybridized carbons (Fsp3) is 0.350. The Morgan fingerprint density at radius 1 is 1.25 bits per heavy atom. The molecule has 124 valence electrons. The van der Waals surface area contributed by atoms with Crippen molar-refractivity contribution in [3.63, 3.8) is 0 Å². The molecule has 0 saturated heterocycles. The zero-order chi connectivity index (χ0) is 17.1. The molecule has 4 nitrogen and oxygen atoms in total. The van der Waals surface area contributed by atoms with Gasteiger partial charge in [0.05, 0.1) is 11.7 Å². The maximum Gasteiger partial charge on any atom is 0.254 e. The standard InChI is InChI=1S/C20H23N3O/c1-4-15-13-21-14(3)22-19(15)16-8-10-17(11-9-16)20(24)23-12-6-7-18(23)5-2/h6-11,13,18H,4-5,12H2,1-3H3. The van der Waals surface area contributed by atoms with Crippen LogP contribution < -0.4 is 0 Å². The lowest BCUT2D eigenvalue weighted by atomic mass is 10.0. The van der Waals surface area contributed by atoms with Crippen molar-refractivity contribution in [3.8, 4) is 11.3 Å². The van der Waals surface area contributed by atoms with Gasteiger partial charge in [0.15, 0.2) is 0 Å². The lowest BCUT2D eigenvalue weighted by molar-refractivity contribution is 0.0747. The Morgan fingerprint density at radius 3 is 2.67 bits per heavy atom. The summed E-state index contributed by atoms with van der Waals surface area (Å²) in [5.74, 6) is 0.851. The lowest BCUT2D eigenvalue weighted by Crippen LogP contribution is -2.35. The third-order valence-corrected chi connectivity index (χ3v) is 4.51. The fourth-order valence-corrected chi connectivity index (χ4v) is 3.10. The van der Waals surface area contributed by atoms with Crippen LogP contribution in [0.4, 0.5) is 0 Å². The van der Waals surface area contributed by atoms with Crippen LogP contribution in [0, 0.1) is 6.92 Å². The molecule has 2 aromatic rings. The second-order valence-corrected chi connectivity index (χ2v) is 6.08. The molecule has 1 aromatic heterocycles. The molecule has 1 aliphatic heterocycles. The van der Waals surface area contributed by atoms with Crippen LogP contribution in [0.3, 0.4) is 0 Å². The molecule has 3 rings (SSSR count). The van der Waals surface area contributed by atoms with Gasteiger partial charge >= 0.3 is 0 Å². The summed E-state index contributed by atoms with van der Waals surface area (Å²) in [5, 5.41) is 0. The first-order chi connectivity index (χ1) is 11.6. The van der Waals surface area contributed by atoms with E-state index in [2.05, 4.69) is 36.0 Å². The van der Waals surface area contributed by atoms with Crippen LogP contribution in [0.15, 0.2) is 42.6 Å². The van der Waals surface area contributed by atoms with E-state index in [1.807, 2.05) is 42.3 Å². The highest BCUT2D eigenvalue weighted by atomic mass is 16.2. The van der Waals surface area contributed by atoms with Crippen molar-refractivity contribution >= 4 is 5.91 Å². The zero-order valence-electron chi connectivity index (χ0n) is 14.5. The molecule has 24 heavy (non-hydrogen) atoms. The van der Waals surface area contributed by atoms with E-state index < -0.39 is 0 Å². The minimum atomic E-state index is 0.0907. The summed E-state index contributed by atoms with van der Waals surface area (Å²) in [4.78, 5) is 23.5. The monoisotopic (exact) mass is 321 g/mol. The van der Waals surface area contributed by atoms with Crippen LogP contribution in [0.2, 0.25) is 0 Å². The minimum Gasteiger partial charge on any atom is -0.329 e. The molecule has 0 saturated carbocycles. The molecule has 1 unspecified atom stereocenters. The van der Waals surface area contributed by atoms with Gasteiger partial charge in [0.2, 0.25) is 0 Å². The van der Waals surface area contributed by atoms with Gasteiger partial charge in [-0.15, -0.1) is 0 Å². The van der Waals surface area contributed by atoms with E-state index in [0.29, 0.717) is 6.54 Å². The van der Waals surface area contributed by atoms with Gasteiger partial charge in [0.25, 0.3) is 5.91 Å². The Labute approximate surface area is 143 Å². The highest BCUT2D eigenvalue weighted by Gasteiger charge is 2.24. The Bertz CT molecular complexity index is 765. The number of carbonyl (C=O) groups excluding carboxylic acids is 1. The topological polar surface area (TPSA) is 46.1 Å². The van der Waals surface area contributed by atoms with Gasteiger partial charge in [-0.2, -0.15) is 0 Å². The van der Waals surface area contributed by atoms with Crippen molar-refractivity contribution in [2.24, 2.45) is 0 Å². The Hall–Kier alpha value is -2.49. The Balaban J connectivity index is 1.86. The number of amides is 1. The van der Waals surface area contributed by atoms with Gasteiger partial charge < -0.3 is 4.90 Å². The van der Waals surface area contributed by atoms with Crippen LogP contribution in [0.1, 0.15) is 42.0 Å². The number of aromatic nitrogens is 2. The average molecular weight is 321 g/mol. The van der Waals surface area contributed by atoms with Crippen molar-refractivity contribution in [2.75, 3.05) is 6.54 Å². The van der Waals surface area contributed by atoms with E-state index in [4.69, 9.17) is 0 Å². The predicted molar refractivity (Wildman–Crippen MR) is 95.8 cm³/mol. The summed E-state index contributed by atoms with van der Waals surface area (Å²) in [5.41, 5.74) is 3.83. The quantitative estimate of drug-likeness (QED) is 0.805. The van der Waals surface area contributed by atoms with Gasteiger partial charge in [0.1, 0.15) is 5.82 Å².